The van der Waals surface area contributed by atoms with E-state index in [1.807, 2.05) is 17.9 Å². The number of amides is 1. The van der Waals surface area contributed by atoms with Gasteiger partial charge in [0.05, 0.1) is 55.4 Å². The van der Waals surface area contributed by atoms with Crippen molar-refractivity contribution in [3.8, 4) is 5.69 Å². The fourth-order valence-electron chi connectivity index (χ4n) is 3.77. The van der Waals surface area contributed by atoms with Gasteiger partial charge in [0.25, 0.3) is 5.91 Å². The lowest BCUT2D eigenvalue weighted by molar-refractivity contribution is -0.902. The third kappa shape index (κ3) is 4.21. The van der Waals surface area contributed by atoms with Gasteiger partial charge in [-0.3, -0.25) is 4.79 Å². The van der Waals surface area contributed by atoms with Crippen molar-refractivity contribution in [2.75, 3.05) is 32.7 Å². The molecule has 0 aliphatic carbocycles. The van der Waals surface area contributed by atoms with Crippen molar-refractivity contribution in [2.45, 2.75) is 34.1 Å². The van der Waals surface area contributed by atoms with E-state index < -0.39 is 0 Å². The molecule has 1 aromatic heterocycles. The molecule has 146 valence electrons. The first-order chi connectivity index (χ1) is 12.9. The van der Waals surface area contributed by atoms with E-state index in [4.69, 9.17) is 5.10 Å². The van der Waals surface area contributed by atoms with E-state index in [0.29, 0.717) is 17.2 Å². The number of aromatic nitrogens is 2. The zero-order chi connectivity index (χ0) is 19.6. The first-order valence-electron chi connectivity index (χ1n) is 9.88. The summed E-state index contributed by atoms with van der Waals surface area (Å²) < 4.78 is 15.4. The molecule has 0 radical (unpaired) electrons. The predicted molar refractivity (Wildman–Crippen MR) is 104 cm³/mol. The van der Waals surface area contributed by atoms with Gasteiger partial charge < -0.3 is 9.80 Å². The Morgan fingerprint density at radius 1 is 1.30 bits per heavy atom. The summed E-state index contributed by atoms with van der Waals surface area (Å²) in [6.45, 7) is 12.9. The summed E-state index contributed by atoms with van der Waals surface area (Å²) >= 11 is 0. The molecule has 1 aromatic carbocycles. The molecule has 1 saturated heterocycles. The van der Waals surface area contributed by atoms with Crippen LogP contribution in [0.2, 0.25) is 0 Å². The number of halogens is 1. The Labute approximate surface area is 160 Å². The van der Waals surface area contributed by atoms with Crippen LogP contribution in [0.25, 0.3) is 5.69 Å². The summed E-state index contributed by atoms with van der Waals surface area (Å²) in [5.41, 5.74) is 2.93. The quantitative estimate of drug-likeness (QED) is 0.870. The van der Waals surface area contributed by atoms with Crippen molar-refractivity contribution in [2.24, 2.45) is 5.92 Å². The van der Waals surface area contributed by atoms with Gasteiger partial charge in [0, 0.05) is 0 Å². The molecule has 27 heavy (non-hydrogen) atoms. The molecule has 1 amide bonds. The lowest BCUT2D eigenvalue weighted by Gasteiger charge is -2.31. The van der Waals surface area contributed by atoms with Crippen LogP contribution in [0.3, 0.4) is 0 Å². The molecule has 0 unspecified atom stereocenters. The minimum Gasteiger partial charge on any atom is -0.332 e. The van der Waals surface area contributed by atoms with Crippen molar-refractivity contribution in [3.63, 3.8) is 0 Å². The van der Waals surface area contributed by atoms with Gasteiger partial charge >= 0.3 is 0 Å². The third-order valence-electron chi connectivity index (χ3n) is 5.31. The highest BCUT2D eigenvalue weighted by Crippen LogP contribution is 2.23. The maximum Gasteiger partial charge on any atom is 0.258 e. The number of carbonyl (C=O) groups is 1. The van der Waals surface area contributed by atoms with Crippen LogP contribution in [0.5, 0.6) is 0 Å². The minimum absolute atomic E-state index is 0.0564. The molecular formula is C21H30FN4O+. The number of quaternary nitrogens is 1. The molecule has 2 aromatic rings. The largest absolute Gasteiger partial charge is 0.332 e. The first-order valence-corrected chi connectivity index (χ1v) is 9.88. The van der Waals surface area contributed by atoms with Crippen LogP contribution in [-0.2, 0) is 6.42 Å². The van der Waals surface area contributed by atoms with E-state index in [1.54, 1.807) is 10.7 Å². The number of likely N-dealkylation sites (N-methyl/N-ethyl adjacent to an activating group) is 1. The first kappa shape index (κ1) is 19.5. The topological polar surface area (TPSA) is 42.6 Å². The molecule has 0 atom stereocenters. The van der Waals surface area contributed by atoms with Crippen LogP contribution in [0.1, 0.15) is 42.5 Å². The average molecular weight is 373 g/mol. The van der Waals surface area contributed by atoms with Crippen molar-refractivity contribution in [1.82, 2.24) is 14.7 Å². The maximum absolute atomic E-state index is 13.7. The van der Waals surface area contributed by atoms with Gasteiger partial charge in [-0.05, 0) is 44.4 Å². The van der Waals surface area contributed by atoms with Crippen molar-refractivity contribution >= 4 is 5.91 Å². The van der Waals surface area contributed by atoms with Gasteiger partial charge in [-0.15, -0.1) is 0 Å². The third-order valence-corrected chi connectivity index (χ3v) is 5.31. The van der Waals surface area contributed by atoms with Crippen molar-refractivity contribution in [1.29, 1.82) is 0 Å². The Balaban J connectivity index is 1.96. The number of nitrogens with zero attached hydrogens (tertiary/aromatic N) is 3. The van der Waals surface area contributed by atoms with E-state index in [2.05, 4.69) is 20.8 Å². The second-order valence-corrected chi connectivity index (χ2v) is 7.79. The zero-order valence-corrected chi connectivity index (χ0v) is 16.8. The van der Waals surface area contributed by atoms with E-state index >= 15 is 0 Å². The van der Waals surface area contributed by atoms with Gasteiger partial charge in [-0.2, -0.15) is 5.10 Å². The van der Waals surface area contributed by atoms with Crippen molar-refractivity contribution < 1.29 is 14.1 Å². The number of rotatable bonds is 5. The molecule has 1 aliphatic heterocycles. The summed E-state index contributed by atoms with van der Waals surface area (Å²) in [4.78, 5) is 16.8. The normalized spacial score (nSPS) is 15.6. The summed E-state index contributed by atoms with van der Waals surface area (Å²) in [6.07, 6.45) is 0.727. The number of nitrogens with one attached hydrogen (secondary N) is 1. The van der Waals surface area contributed by atoms with Gasteiger partial charge in [0.2, 0.25) is 0 Å². The molecule has 1 fully saturated rings. The van der Waals surface area contributed by atoms with Crippen molar-refractivity contribution in [3.05, 3.63) is 47.0 Å². The average Bonchev–Trinajstić information content (AvgIpc) is 2.96. The summed E-state index contributed by atoms with van der Waals surface area (Å²) in [7, 11) is 0. The molecule has 0 bridgehead atoms. The number of piperazine rings is 1. The van der Waals surface area contributed by atoms with Crippen LogP contribution in [-0.4, -0.2) is 53.3 Å². The van der Waals surface area contributed by atoms with Crippen LogP contribution in [0.4, 0.5) is 4.39 Å². The smallest absolute Gasteiger partial charge is 0.258 e. The molecule has 1 N–H and O–H groups in total. The summed E-state index contributed by atoms with van der Waals surface area (Å²) in [5.74, 6) is 0.133. The summed E-state index contributed by atoms with van der Waals surface area (Å²) in [6, 6.07) is 6.36. The number of benzene rings is 1. The molecule has 3 rings (SSSR count). The molecule has 5 nitrogen and oxygen atoms in total. The Kier molecular flexibility index (Phi) is 5.95. The van der Waals surface area contributed by atoms with Crippen LogP contribution in [0.15, 0.2) is 24.3 Å². The van der Waals surface area contributed by atoms with Crippen LogP contribution < -0.4 is 4.90 Å². The van der Waals surface area contributed by atoms with Gasteiger partial charge in [-0.1, -0.05) is 19.9 Å². The predicted octanol–water partition coefficient (Wildman–Crippen LogP) is 1.88. The van der Waals surface area contributed by atoms with Gasteiger partial charge in [-0.25, -0.2) is 9.07 Å². The second-order valence-electron chi connectivity index (χ2n) is 7.79. The Hall–Kier alpha value is -2.21. The fourth-order valence-corrected chi connectivity index (χ4v) is 3.77. The monoisotopic (exact) mass is 373 g/mol. The van der Waals surface area contributed by atoms with E-state index in [0.717, 1.165) is 50.5 Å². The number of carbonyl (C=O) groups excluding carboxylic acids is 1. The van der Waals surface area contributed by atoms with Crippen LogP contribution in [0, 0.1) is 18.7 Å². The van der Waals surface area contributed by atoms with E-state index in [9.17, 15) is 9.18 Å². The molecule has 2 heterocycles. The van der Waals surface area contributed by atoms with E-state index in [-0.39, 0.29) is 11.7 Å². The highest BCUT2D eigenvalue weighted by molar-refractivity contribution is 5.96. The van der Waals surface area contributed by atoms with Gasteiger partial charge in [0.15, 0.2) is 0 Å². The Morgan fingerprint density at radius 2 is 2.00 bits per heavy atom. The number of hydrogen-bond acceptors (Lipinski definition) is 2. The standard InChI is InChI=1S/C21H29FN4O/c1-5-24-9-11-25(12-10-24)21(27)20-16(4)26(23-19(20)13-15(2)3)18-8-6-7-17(22)14-18/h6-8,14-15H,5,9-13H2,1-4H3/p+1. The molecule has 0 saturated carbocycles. The molecular weight excluding hydrogens is 343 g/mol. The Morgan fingerprint density at radius 3 is 2.59 bits per heavy atom. The van der Waals surface area contributed by atoms with Crippen LogP contribution >= 0.6 is 0 Å². The highest BCUT2D eigenvalue weighted by atomic mass is 19.1. The fraction of sp³-hybridized carbons (Fsp3) is 0.524. The molecule has 6 heteroatoms. The maximum atomic E-state index is 13.7. The lowest BCUT2D eigenvalue weighted by atomic mass is 10.0. The zero-order valence-electron chi connectivity index (χ0n) is 16.8. The minimum atomic E-state index is -0.306. The lowest BCUT2D eigenvalue weighted by Crippen LogP contribution is -3.14. The molecule has 1 aliphatic rings. The number of hydrogen-bond donors (Lipinski definition) is 1. The van der Waals surface area contributed by atoms with E-state index in [1.165, 1.54) is 17.0 Å². The van der Waals surface area contributed by atoms with Gasteiger partial charge in [0.1, 0.15) is 5.82 Å². The molecule has 0 spiro atoms. The SMILES string of the molecule is CC[NH+]1CCN(C(=O)c2c(CC(C)C)nn(-c3cccc(F)c3)c2C)CC1. The highest BCUT2D eigenvalue weighted by Gasteiger charge is 2.29. The second kappa shape index (κ2) is 8.21. The summed E-state index contributed by atoms with van der Waals surface area (Å²) in [5, 5.41) is 4.71. The Bertz CT molecular complexity index is 807.